The molecule has 0 spiro atoms. The second-order valence-electron chi connectivity index (χ2n) is 8.37. The molecule has 0 saturated carbocycles. The van der Waals surface area contributed by atoms with Gasteiger partial charge in [-0.15, -0.1) is 0 Å². The molecule has 1 aromatic rings. The number of ketones is 1. The fourth-order valence-corrected chi connectivity index (χ4v) is 3.36. The van der Waals surface area contributed by atoms with Crippen LogP contribution in [0.1, 0.15) is 47.5 Å². The summed E-state index contributed by atoms with van der Waals surface area (Å²) >= 11 is 0. The molecule has 0 atom stereocenters. The van der Waals surface area contributed by atoms with Gasteiger partial charge in [0.15, 0.2) is 5.78 Å². The molecular formula is C26H31NO3. The third-order valence-electron chi connectivity index (χ3n) is 5.25. The Hall–Kier alpha value is -3.14. The maximum Gasteiger partial charge on any atom is 0.248 e. The van der Waals surface area contributed by atoms with Gasteiger partial charge in [-0.05, 0) is 73.6 Å². The molecule has 2 N–H and O–H groups in total. The molecule has 0 bridgehead atoms. The van der Waals surface area contributed by atoms with E-state index in [1.807, 2.05) is 45.1 Å². The highest BCUT2D eigenvalue weighted by molar-refractivity contribution is 6.00. The Labute approximate surface area is 179 Å². The third-order valence-corrected chi connectivity index (χ3v) is 5.25. The van der Waals surface area contributed by atoms with Gasteiger partial charge in [0.25, 0.3) is 0 Å². The lowest BCUT2D eigenvalue weighted by atomic mass is 9.72. The largest absolute Gasteiger partial charge is 0.508 e. The molecule has 0 fully saturated rings. The van der Waals surface area contributed by atoms with Crippen LogP contribution in [0.3, 0.4) is 0 Å². The quantitative estimate of drug-likeness (QED) is 0.344. The predicted octanol–water partition coefficient (Wildman–Crippen LogP) is 6.04. The van der Waals surface area contributed by atoms with Crippen molar-refractivity contribution in [1.29, 1.82) is 0 Å². The SMILES string of the molecule is CC1=C(/C=C/C(C)=C/C=C/C(C)=C/C(=O)Nc2ccc(O)cc2)C(C)(C)CCC1=O. The van der Waals surface area contributed by atoms with Gasteiger partial charge in [0.1, 0.15) is 5.75 Å². The molecule has 30 heavy (non-hydrogen) atoms. The minimum Gasteiger partial charge on any atom is -0.508 e. The molecule has 0 unspecified atom stereocenters. The van der Waals surface area contributed by atoms with Crippen molar-refractivity contribution < 1.29 is 14.7 Å². The Balaban J connectivity index is 1.99. The molecule has 2 rings (SSSR count). The van der Waals surface area contributed by atoms with Crippen LogP contribution in [0.4, 0.5) is 5.69 Å². The first-order valence-corrected chi connectivity index (χ1v) is 10.1. The van der Waals surface area contributed by atoms with E-state index in [0.717, 1.165) is 28.7 Å². The van der Waals surface area contributed by atoms with Crippen molar-refractivity contribution >= 4 is 17.4 Å². The van der Waals surface area contributed by atoms with Crippen molar-refractivity contribution in [2.45, 2.75) is 47.5 Å². The summed E-state index contributed by atoms with van der Waals surface area (Å²) < 4.78 is 0. The van der Waals surface area contributed by atoms with Crippen LogP contribution in [0.25, 0.3) is 0 Å². The first-order valence-electron chi connectivity index (χ1n) is 10.1. The number of rotatable bonds is 6. The number of phenols is 1. The Bertz CT molecular complexity index is 954. The van der Waals surface area contributed by atoms with E-state index in [-0.39, 0.29) is 22.9 Å². The number of benzene rings is 1. The van der Waals surface area contributed by atoms with Crippen LogP contribution in [-0.4, -0.2) is 16.8 Å². The van der Waals surface area contributed by atoms with Crippen LogP contribution < -0.4 is 5.32 Å². The number of anilines is 1. The van der Waals surface area contributed by atoms with Crippen LogP contribution in [0.2, 0.25) is 0 Å². The third kappa shape index (κ3) is 6.73. The number of phenolic OH excluding ortho intramolecular Hbond substituents is 1. The lowest BCUT2D eigenvalue weighted by molar-refractivity contribution is -0.116. The second kappa shape index (κ2) is 10.1. The van der Waals surface area contributed by atoms with Gasteiger partial charge in [-0.1, -0.05) is 49.8 Å². The zero-order valence-corrected chi connectivity index (χ0v) is 18.5. The number of Topliss-reactive ketones (excluding diaryl/α,β-unsaturated/α-hetero) is 1. The average molecular weight is 406 g/mol. The molecular weight excluding hydrogens is 374 g/mol. The highest BCUT2D eigenvalue weighted by atomic mass is 16.3. The number of carbonyl (C=O) groups excluding carboxylic acids is 2. The Kier molecular flexibility index (Phi) is 7.76. The highest BCUT2D eigenvalue weighted by Crippen LogP contribution is 2.39. The molecule has 0 saturated heterocycles. The number of amides is 1. The Morgan fingerprint density at radius 1 is 1.10 bits per heavy atom. The minimum absolute atomic E-state index is 0.00873. The molecule has 1 aliphatic rings. The monoisotopic (exact) mass is 405 g/mol. The van der Waals surface area contributed by atoms with Crippen molar-refractivity contribution in [1.82, 2.24) is 0 Å². The molecule has 1 aliphatic carbocycles. The van der Waals surface area contributed by atoms with Gasteiger partial charge in [0.2, 0.25) is 5.91 Å². The molecule has 0 aromatic heterocycles. The van der Waals surface area contributed by atoms with Crippen LogP contribution in [0, 0.1) is 5.41 Å². The molecule has 0 aliphatic heterocycles. The Morgan fingerprint density at radius 2 is 1.77 bits per heavy atom. The fraction of sp³-hybridized carbons (Fsp3) is 0.308. The van der Waals surface area contributed by atoms with Crippen molar-refractivity contribution in [3.05, 3.63) is 83.0 Å². The van der Waals surface area contributed by atoms with E-state index >= 15 is 0 Å². The molecule has 1 aromatic carbocycles. The molecule has 1 amide bonds. The molecule has 0 heterocycles. The Morgan fingerprint density at radius 3 is 2.43 bits per heavy atom. The topological polar surface area (TPSA) is 66.4 Å². The van der Waals surface area contributed by atoms with Crippen molar-refractivity contribution in [2.24, 2.45) is 5.41 Å². The van der Waals surface area contributed by atoms with Crippen LogP contribution >= 0.6 is 0 Å². The summed E-state index contributed by atoms with van der Waals surface area (Å²) in [5, 5.41) is 12.0. The molecule has 4 nitrogen and oxygen atoms in total. The summed E-state index contributed by atoms with van der Waals surface area (Å²) in [6.07, 6.45) is 12.8. The lowest BCUT2D eigenvalue weighted by Crippen LogP contribution is -2.24. The lowest BCUT2D eigenvalue weighted by Gasteiger charge is -2.32. The van der Waals surface area contributed by atoms with Crippen molar-refractivity contribution in [2.75, 3.05) is 5.32 Å². The van der Waals surface area contributed by atoms with Gasteiger partial charge in [-0.2, -0.15) is 0 Å². The van der Waals surface area contributed by atoms with E-state index in [2.05, 4.69) is 25.2 Å². The van der Waals surface area contributed by atoms with E-state index < -0.39 is 0 Å². The summed E-state index contributed by atoms with van der Waals surface area (Å²) in [5.74, 6) is 0.167. The summed E-state index contributed by atoms with van der Waals surface area (Å²) in [4.78, 5) is 24.1. The maximum absolute atomic E-state index is 12.1. The smallest absolute Gasteiger partial charge is 0.248 e. The van der Waals surface area contributed by atoms with Gasteiger partial charge in [-0.3, -0.25) is 9.59 Å². The summed E-state index contributed by atoms with van der Waals surface area (Å²) in [6.45, 7) is 10.1. The second-order valence-corrected chi connectivity index (χ2v) is 8.37. The minimum atomic E-state index is -0.227. The van der Waals surface area contributed by atoms with Crippen molar-refractivity contribution in [3.63, 3.8) is 0 Å². The van der Waals surface area contributed by atoms with E-state index in [9.17, 15) is 14.7 Å². The molecule has 0 radical (unpaired) electrons. The molecule has 158 valence electrons. The number of allylic oxidation sites excluding steroid dienone is 9. The normalized spacial score (nSPS) is 17.8. The van der Waals surface area contributed by atoms with Gasteiger partial charge in [-0.25, -0.2) is 0 Å². The predicted molar refractivity (Wildman–Crippen MR) is 123 cm³/mol. The van der Waals surface area contributed by atoms with E-state index in [0.29, 0.717) is 12.1 Å². The van der Waals surface area contributed by atoms with Gasteiger partial charge < -0.3 is 10.4 Å². The van der Waals surface area contributed by atoms with Crippen LogP contribution in [-0.2, 0) is 9.59 Å². The number of hydrogen-bond donors (Lipinski definition) is 2. The number of hydrogen-bond acceptors (Lipinski definition) is 3. The van der Waals surface area contributed by atoms with Gasteiger partial charge in [0.05, 0.1) is 0 Å². The van der Waals surface area contributed by atoms with Crippen molar-refractivity contribution in [3.8, 4) is 5.75 Å². The van der Waals surface area contributed by atoms with E-state index in [4.69, 9.17) is 0 Å². The number of aromatic hydroxyl groups is 1. The van der Waals surface area contributed by atoms with Crippen LogP contribution in [0.5, 0.6) is 5.75 Å². The summed E-state index contributed by atoms with van der Waals surface area (Å²) in [5.41, 5.74) is 4.48. The average Bonchev–Trinajstić information content (AvgIpc) is 2.66. The fourth-order valence-electron chi connectivity index (χ4n) is 3.36. The standard InChI is InChI=1S/C26H31NO3/c1-18(9-14-23-20(3)24(29)15-16-26(23,4)5)7-6-8-19(2)17-25(30)27-21-10-12-22(28)13-11-21/h6-14,17,28H,15-16H2,1-5H3,(H,27,30)/b8-6+,14-9+,18-7+,19-17+. The molecule has 4 heteroatoms. The number of nitrogens with one attached hydrogen (secondary N) is 1. The summed E-state index contributed by atoms with van der Waals surface area (Å²) in [7, 11) is 0. The summed E-state index contributed by atoms with van der Waals surface area (Å²) in [6, 6.07) is 6.33. The highest BCUT2D eigenvalue weighted by Gasteiger charge is 2.30. The van der Waals surface area contributed by atoms with E-state index in [1.165, 1.54) is 18.2 Å². The van der Waals surface area contributed by atoms with Gasteiger partial charge in [0, 0.05) is 18.2 Å². The zero-order valence-electron chi connectivity index (χ0n) is 18.5. The van der Waals surface area contributed by atoms with Crippen LogP contribution in [0.15, 0.2) is 83.0 Å². The number of carbonyl (C=O) groups is 2. The first kappa shape index (κ1) is 23.1. The first-order chi connectivity index (χ1) is 14.1. The van der Waals surface area contributed by atoms with Gasteiger partial charge >= 0.3 is 0 Å². The zero-order chi connectivity index (χ0) is 22.3. The van der Waals surface area contributed by atoms with E-state index in [1.54, 1.807) is 12.1 Å². The maximum atomic E-state index is 12.1.